The molecule has 3 rings (SSSR count). The first kappa shape index (κ1) is 20.2. The minimum Gasteiger partial charge on any atom is -0.493 e. The number of carbonyl (C=O) groups is 2. The molecule has 0 spiro atoms. The molecule has 150 valence electrons. The second kappa shape index (κ2) is 9.10. The van der Waals surface area contributed by atoms with Gasteiger partial charge in [-0.15, -0.1) is 11.3 Å². The van der Waals surface area contributed by atoms with Gasteiger partial charge in [-0.25, -0.2) is 0 Å². The zero-order chi connectivity index (χ0) is 20.1. The first-order valence-electron chi connectivity index (χ1n) is 9.40. The highest BCUT2D eigenvalue weighted by Crippen LogP contribution is 2.31. The smallest absolute Gasteiger partial charge is 0.251 e. The Morgan fingerprint density at radius 1 is 1.18 bits per heavy atom. The molecule has 7 heteroatoms. The molecule has 2 amide bonds. The van der Waals surface area contributed by atoms with Crippen LogP contribution in [0.3, 0.4) is 0 Å². The highest BCUT2D eigenvalue weighted by Gasteiger charge is 2.23. The molecule has 28 heavy (non-hydrogen) atoms. The lowest BCUT2D eigenvalue weighted by Crippen LogP contribution is -2.40. The lowest BCUT2D eigenvalue weighted by molar-refractivity contribution is -0.130. The summed E-state index contributed by atoms with van der Waals surface area (Å²) in [6.45, 7) is 5.54. The van der Waals surface area contributed by atoms with Crippen LogP contribution in [0.25, 0.3) is 0 Å². The fourth-order valence-electron chi connectivity index (χ4n) is 3.22. The fourth-order valence-corrected chi connectivity index (χ4v) is 4.05. The number of nitrogens with one attached hydrogen (secondary N) is 1. The summed E-state index contributed by atoms with van der Waals surface area (Å²) in [7, 11) is 1.57. The van der Waals surface area contributed by atoms with Crippen molar-refractivity contribution in [2.24, 2.45) is 0 Å². The third-order valence-electron chi connectivity index (χ3n) is 4.83. The minimum absolute atomic E-state index is 0.0336. The second-order valence-electron chi connectivity index (χ2n) is 6.88. The van der Waals surface area contributed by atoms with Crippen molar-refractivity contribution < 1.29 is 19.1 Å². The van der Waals surface area contributed by atoms with Crippen LogP contribution in [-0.4, -0.2) is 43.0 Å². The van der Waals surface area contributed by atoms with Gasteiger partial charge in [-0.3, -0.25) is 9.59 Å². The van der Waals surface area contributed by atoms with E-state index in [1.807, 2.05) is 24.0 Å². The molecule has 6 nitrogen and oxygen atoms in total. The number of piperidine rings is 1. The van der Waals surface area contributed by atoms with Crippen molar-refractivity contribution in [3.05, 3.63) is 45.6 Å². The number of methoxy groups -OCH3 is 1. The molecular formula is C21H26N2O4S. The summed E-state index contributed by atoms with van der Waals surface area (Å²) in [6, 6.07) is 9.30. The molecular weight excluding hydrogens is 376 g/mol. The van der Waals surface area contributed by atoms with E-state index in [4.69, 9.17) is 9.47 Å². The number of thiophene rings is 1. The molecule has 1 aliphatic heterocycles. The van der Waals surface area contributed by atoms with Gasteiger partial charge in [-0.1, -0.05) is 0 Å². The van der Waals surface area contributed by atoms with Gasteiger partial charge in [0.05, 0.1) is 13.7 Å². The number of rotatable bonds is 6. The maximum atomic E-state index is 12.5. The Morgan fingerprint density at radius 2 is 1.93 bits per heavy atom. The van der Waals surface area contributed by atoms with Gasteiger partial charge < -0.3 is 19.7 Å². The summed E-state index contributed by atoms with van der Waals surface area (Å²) in [6.07, 6.45) is 1.60. The summed E-state index contributed by atoms with van der Waals surface area (Å²) < 4.78 is 11.5. The molecule has 0 unspecified atom stereocenters. The van der Waals surface area contributed by atoms with Crippen molar-refractivity contribution in [3.63, 3.8) is 0 Å². The van der Waals surface area contributed by atoms with E-state index in [1.165, 1.54) is 4.88 Å². The first-order chi connectivity index (χ1) is 13.5. The average molecular weight is 403 g/mol. The number of carbonyl (C=O) groups excluding carboxylic acids is 2. The molecule has 2 heterocycles. The molecule has 1 fully saturated rings. The Kier molecular flexibility index (Phi) is 6.57. The molecule has 1 aromatic heterocycles. The maximum absolute atomic E-state index is 12.5. The monoisotopic (exact) mass is 402 g/mol. The van der Waals surface area contributed by atoms with Crippen LogP contribution in [0.2, 0.25) is 0 Å². The number of nitrogens with zero attached hydrogens (tertiary/aromatic N) is 1. The molecule has 0 saturated carbocycles. The molecule has 1 aromatic carbocycles. The number of ether oxygens (including phenoxy) is 2. The van der Waals surface area contributed by atoms with Crippen LogP contribution >= 0.6 is 11.3 Å². The highest BCUT2D eigenvalue weighted by atomic mass is 32.1. The Bertz CT molecular complexity index is 841. The van der Waals surface area contributed by atoms with E-state index < -0.39 is 0 Å². The number of aryl methyl sites for hydroxylation is 1. The minimum atomic E-state index is -0.148. The van der Waals surface area contributed by atoms with E-state index in [2.05, 4.69) is 5.32 Å². The summed E-state index contributed by atoms with van der Waals surface area (Å²) in [4.78, 5) is 28.1. The third-order valence-corrected chi connectivity index (χ3v) is 5.83. The zero-order valence-electron chi connectivity index (χ0n) is 16.5. The number of benzene rings is 1. The standard InChI is InChI=1S/C21H26N2O4S/c1-14-4-6-18(28-14)13-22-21(25)16-5-7-19(20(12-16)26-3)27-17-8-10-23(11-9-17)15(2)24/h4-7,12,17H,8-11,13H2,1-3H3,(H,22,25). The van der Waals surface area contributed by atoms with Crippen LogP contribution in [0, 0.1) is 6.92 Å². The average Bonchev–Trinajstić information content (AvgIpc) is 3.12. The zero-order valence-corrected chi connectivity index (χ0v) is 17.3. The summed E-state index contributed by atoms with van der Waals surface area (Å²) in [5.41, 5.74) is 0.531. The lowest BCUT2D eigenvalue weighted by atomic mass is 10.1. The molecule has 0 aliphatic carbocycles. The van der Waals surface area contributed by atoms with Crippen molar-refractivity contribution >= 4 is 23.2 Å². The van der Waals surface area contributed by atoms with Gasteiger partial charge >= 0.3 is 0 Å². The predicted octanol–water partition coefficient (Wildman–Crippen LogP) is 3.38. The number of hydrogen-bond acceptors (Lipinski definition) is 5. The third kappa shape index (κ3) is 5.04. The second-order valence-corrected chi connectivity index (χ2v) is 8.26. The van der Waals surface area contributed by atoms with Crippen molar-refractivity contribution in [1.82, 2.24) is 10.2 Å². The number of likely N-dealkylation sites (tertiary alicyclic amines) is 1. The Hall–Kier alpha value is -2.54. The molecule has 0 atom stereocenters. The van der Waals surface area contributed by atoms with Gasteiger partial charge in [-0.05, 0) is 37.3 Å². The van der Waals surface area contributed by atoms with Gasteiger partial charge in [0, 0.05) is 48.2 Å². The van der Waals surface area contributed by atoms with Crippen molar-refractivity contribution in [2.75, 3.05) is 20.2 Å². The molecule has 1 aliphatic rings. The number of hydrogen-bond donors (Lipinski definition) is 1. The van der Waals surface area contributed by atoms with Crippen molar-refractivity contribution in [2.45, 2.75) is 39.3 Å². The maximum Gasteiger partial charge on any atom is 0.251 e. The van der Waals surface area contributed by atoms with Gasteiger partial charge in [0.15, 0.2) is 11.5 Å². The molecule has 1 N–H and O–H groups in total. The van der Waals surface area contributed by atoms with Crippen molar-refractivity contribution in [3.8, 4) is 11.5 Å². The van der Waals surface area contributed by atoms with Crippen LogP contribution in [0.4, 0.5) is 0 Å². The van der Waals surface area contributed by atoms with E-state index in [1.54, 1.807) is 43.6 Å². The first-order valence-corrected chi connectivity index (χ1v) is 10.2. The topological polar surface area (TPSA) is 67.9 Å². The van der Waals surface area contributed by atoms with E-state index in [-0.39, 0.29) is 17.9 Å². The quantitative estimate of drug-likeness (QED) is 0.804. The summed E-state index contributed by atoms with van der Waals surface area (Å²) >= 11 is 1.67. The Labute approximate surface area is 169 Å². The molecule has 1 saturated heterocycles. The van der Waals surface area contributed by atoms with Crippen LogP contribution in [-0.2, 0) is 11.3 Å². The van der Waals surface area contributed by atoms with Crippen LogP contribution < -0.4 is 14.8 Å². The van der Waals surface area contributed by atoms with Gasteiger partial charge in [-0.2, -0.15) is 0 Å². The fraction of sp³-hybridized carbons (Fsp3) is 0.429. The number of amides is 2. The van der Waals surface area contributed by atoms with E-state index in [9.17, 15) is 9.59 Å². The van der Waals surface area contributed by atoms with Crippen molar-refractivity contribution in [1.29, 1.82) is 0 Å². The Balaban J connectivity index is 1.60. The largest absolute Gasteiger partial charge is 0.493 e. The predicted molar refractivity (Wildman–Crippen MR) is 109 cm³/mol. The van der Waals surface area contributed by atoms with Gasteiger partial charge in [0.1, 0.15) is 6.10 Å². The highest BCUT2D eigenvalue weighted by molar-refractivity contribution is 7.11. The lowest BCUT2D eigenvalue weighted by Gasteiger charge is -2.31. The van der Waals surface area contributed by atoms with E-state index in [0.717, 1.165) is 17.7 Å². The van der Waals surface area contributed by atoms with Gasteiger partial charge in [0.25, 0.3) is 5.91 Å². The van der Waals surface area contributed by atoms with E-state index >= 15 is 0 Å². The molecule has 0 radical (unpaired) electrons. The Morgan fingerprint density at radius 3 is 2.54 bits per heavy atom. The van der Waals surface area contributed by atoms with E-state index in [0.29, 0.717) is 36.7 Å². The van der Waals surface area contributed by atoms with Crippen LogP contribution in [0.5, 0.6) is 11.5 Å². The SMILES string of the molecule is COc1cc(C(=O)NCc2ccc(C)s2)ccc1OC1CCN(C(C)=O)CC1. The van der Waals surface area contributed by atoms with Gasteiger partial charge in [0.2, 0.25) is 5.91 Å². The molecule has 0 bridgehead atoms. The van der Waals surface area contributed by atoms with Crippen LogP contribution in [0.15, 0.2) is 30.3 Å². The van der Waals surface area contributed by atoms with Crippen LogP contribution in [0.1, 0.15) is 39.9 Å². The molecule has 2 aromatic rings. The normalized spacial score (nSPS) is 14.6. The summed E-state index contributed by atoms with van der Waals surface area (Å²) in [5, 5.41) is 2.93. The summed E-state index contributed by atoms with van der Waals surface area (Å²) in [5.74, 6) is 1.11.